The molecule has 130 valence electrons. The Morgan fingerprint density at radius 2 is 2.04 bits per heavy atom. The highest BCUT2D eigenvalue weighted by atomic mass is 35.5. The summed E-state index contributed by atoms with van der Waals surface area (Å²) in [7, 11) is 0. The van der Waals surface area contributed by atoms with Gasteiger partial charge in [-0.3, -0.25) is 4.79 Å². The Morgan fingerprint density at radius 1 is 1.16 bits per heavy atom. The van der Waals surface area contributed by atoms with E-state index in [2.05, 4.69) is 5.32 Å². The van der Waals surface area contributed by atoms with Crippen LogP contribution in [0.4, 0.5) is 4.39 Å². The van der Waals surface area contributed by atoms with Crippen molar-refractivity contribution in [2.45, 2.75) is 18.9 Å². The molecule has 4 rings (SSSR count). The maximum atomic E-state index is 13.6. The quantitative estimate of drug-likeness (QED) is 0.880. The summed E-state index contributed by atoms with van der Waals surface area (Å²) in [5.74, 6) is 0.784. The summed E-state index contributed by atoms with van der Waals surface area (Å²) >= 11 is 6.14. The highest BCUT2D eigenvalue weighted by molar-refractivity contribution is 6.32. The van der Waals surface area contributed by atoms with E-state index in [9.17, 15) is 9.18 Å². The van der Waals surface area contributed by atoms with E-state index in [1.54, 1.807) is 12.1 Å². The van der Waals surface area contributed by atoms with Gasteiger partial charge >= 0.3 is 0 Å². The number of rotatable bonds is 2. The van der Waals surface area contributed by atoms with Crippen LogP contribution in [0.2, 0.25) is 5.02 Å². The second kappa shape index (κ2) is 6.44. The molecule has 2 aliphatic rings. The lowest BCUT2D eigenvalue weighted by Crippen LogP contribution is -2.28. The highest BCUT2D eigenvalue weighted by Crippen LogP contribution is 2.40. The highest BCUT2D eigenvalue weighted by Gasteiger charge is 2.25. The van der Waals surface area contributed by atoms with Crippen LogP contribution >= 0.6 is 11.6 Å². The normalized spacial score (nSPS) is 18.1. The van der Waals surface area contributed by atoms with Gasteiger partial charge in [0, 0.05) is 11.1 Å². The van der Waals surface area contributed by atoms with Gasteiger partial charge in [-0.2, -0.15) is 0 Å². The number of fused-ring (bicyclic) bond motifs is 2. The summed E-state index contributed by atoms with van der Waals surface area (Å²) < 4.78 is 29.8. The number of hydrogen-bond acceptors (Lipinski definition) is 4. The van der Waals surface area contributed by atoms with E-state index in [0.717, 1.165) is 6.42 Å². The van der Waals surface area contributed by atoms with Gasteiger partial charge in [0.25, 0.3) is 5.91 Å². The van der Waals surface area contributed by atoms with Gasteiger partial charge in [0.1, 0.15) is 11.6 Å². The zero-order chi connectivity index (χ0) is 17.4. The largest absolute Gasteiger partial charge is 0.493 e. The smallest absolute Gasteiger partial charge is 0.251 e. The Kier molecular flexibility index (Phi) is 4.13. The molecule has 7 heteroatoms. The molecule has 2 aromatic rings. The molecule has 0 bridgehead atoms. The van der Waals surface area contributed by atoms with Crippen LogP contribution in [0.25, 0.3) is 0 Å². The lowest BCUT2D eigenvalue weighted by atomic mass is 10.0. The molecule has 1 N–H and O–H groups in total. The van der Waals surface area contributed by atoms with Crippen molar-refractivity contribution in [3.05, 3.63) is 52.3 Å². The molecule has 0 fully saturated rings. The van der Waals surface area contributed by atoms with Gasteiger partial charge in [-0.05, 0) is 43.2 Å². The minimum Gasteiger partial charge on any atom is -0.493 e. The fourth-order valence-electron chi connectivity index (χ4n) is 3.04. The predicted octanol–water partition coefficient (Wildman–Crippen LogP) is 3.85. The first-order valence-electron chi connectivity index (χ1n) is 7.94. The maximum absolute atomic E-state index is 13.6. The minimum absolute atomic E-state index is 0.0761. The third kappa shape index (κ3) is 3.09. The van der Waals surface area contributed by atoms with Crippen LogP contribution in [0, 0.1) is 5.82 Å². The van der Waals surface area contributed by atoms with Gasteiger partial charge in [0.15, 0.2) is 11.5 Å². The summed E-state index contributed by atoms with van der Waals surface area (Å²) in [4.78, 5) is 12.7. The van der Waals surface area contributed by atoms with Crippen molar-refractivity contribution in [2.75, 3.05) is 13.4 Å². The van der Waals surface area contributed by atoms with Crippen molar-refractivity contribution in [2.24, 2.45) is 0 Å². The van der Waals surface area contributed by atoms with Crippen LogP contribution < -0.4 is 19.5 Å². The molecule has 2 aromatic carbocycles. The Balaban J connectivity index is 1.61. The first kappa shape index (κ1) is 16.0. The monoisotopic (exact) mass is 363 g/mol. The number of carbonyl (C=O) groups excluding carboxylic acids is 1. The third-order valence-corrected chi connectivity index (χ3v) is 4.52. The first-order valence-corrected chi connectivity index (χ1v) is 8.32. The Bertz CT molecular complexity index is 842. The van der Waals surface area contributed by atoms with Crippen LogP contribution in [0.3, 0.4) is 0 Å². The van der Waals surface area contributed by atoms with Crippen molar-refractivity contribution in [3.8, 4) is 17.2 Å². The molecule has 1 unspecified atom stereocenters. The first-order chi connectivity index (χ1) is 12.1. The van der Waals surface area contributed by atoms with Crippen LogP contribution in [-0.2, 0) is 0 Å². The average Bonchev–Trinajstić information content (AvgIpc) is 2.99. The van der Waals surface area contributed by atoms with Crippen molar-refractivity contribution in [1.82, 2.24) is 5.32 Å². The molecule has 1 amide bonds. The molecule has 1 atom stereocenters. The molecule has 0 aromatic heterocycles. The van der Waals surface area contributed by atoms with Gasteiger partial charge in [0.05, 0.1) is 17.7 Å². The second-order valence-corrected chi connectivity index (χ2v) is 6.30. The topological polar surface area (TPSA) is 56.8 Å². The molecular formula is C18H15ClFNO4. The number of carbonyl (C=O) groups is 1. The number of halogens is 2. The number of hydrogen-bond donors (Lipinski definition) is 1. The molecule has 0 radical (unpaired) electrons. The molecule has 25 heavy (non-hydrogen) atoms. The number of benzene rings is 2. The van der Waals surface area contributed by atoms with E-state index >= 15 is 0 Å². The third-order valence-electron chi connectivity index (χ3n) is 4.24. The van der Waals surface area contributed by atoms with Crippen LogP contribution in [0.15, 0.2) is 30.3 Å². The SMILES string of the molecule is O=C(NC1CCCOc2ccc(F)cc21)c1cc(Cl)c2c(c1)OCO2. The Morgan fingerprint density at radius 3 is 2.92 bits per heavy atom. The van der Waals surface area contributed by atoms with E-state index in [1.807, 2.05) is 0 Å². The molecular weight excluding hydrogens is 349 g/mol. The zero-order valence-electron chi connectivity index (χ0n) is 13.2. The van der Waals surface area contributed by atoms with Gasteiger partial charge < -0.3 is 19.5 Å². The van der Waals surface area contributed by atoms with Crippen molar-refractivity contribution in [1.29, 1.82) is 0 Å². The standard InChI is InChI=1S/C18H15ClFNO4/c19-13-6-10(7-16-17(13)25-9-24-16)18(22)21-14-2-1-5-23-15-4-3-11(20)8-12(14)15/h3-4,6-8,14H,1-2,5,9H2,(H,21,22). The molecule has 2 aliphatic heterocycles. The summed E-state index contributed by atoms with van der Waals surface area (Å²) in [6.07, 6.45) is 1.41. The van der Waals surface area contributed by atoms with Crippen LogP contribution in [0.1, 0.15) is 34.8 Å². The zero-order valence-corrected chi connectivity index (χ0v) is 13.9. The summed E-state index contributed by atoms with van der Waals surface area (Å²) in [6.45, 7) is 0.605. The van der Waals surface area contributed by atoms with E-state index in [4.69, 9.17) is 25.8 Å². The number of amides is 1. The lowest BCUT2D eigenvalue weighted by molar-refractivity contribution is 0.0934. The molecule has 0 saturated heterocycles. The summed E-state index contributed by atoms with van der Waals surface area (Å²) in [5, 5.41) is 3.25. The number of ether oxygens (including phenoxy) is 3. The van der Waals surface area contributed by atoms with Gasteiger partial charge in [-0.1, -0.05) is 11.6 Å². The van der Waals surface area contributed by atoms with E-state index in [-0.39, 0.29) is 24.6 Å². The van der Waals surface area contributed by atoms with E-state index in [0.29, 0.717) is 46.4 Å². The van der Waals surface area contributed by atoms with E-state index in [1.165, 1.54) is 18.2 Å². The second-order valence-electron chi connectivity index (χ2n) is 5.89. The predicted molar refractivity (Wildman–Crippen MR) is 88.9 cm³/mol. The van der Waals surface area contributed by atoms with Crippen LogP contribution in [0.5, 0.6) is 17.2 Å². The molecule has 5 nitrogen and oxygen atoms in total. The molecule has 0 aliphatic carbocycles. The van der Waals surface area contributed by atoms with Gasteiger partial charge in [0.2, 0.25) is 6.79 Å². The fourth-order valence-corrected chi connectivity index (χ4v) is 3.30. The summed E-state index contributed by atoms with van der Waals surface area (Å²) in [6, 6.07) is 7.11. The molecule has 2 heterocycles. The average molecular weight is 364 g/mol. The van der Waals surface area contributed by atoms with Crippen molar-refractivity contribution >= 4 is 17.5 Å². The maximum Gasteiger partial charge on any atom is 0.251 e. The van der Waals surface area contributed by atoms with Gasteiger partial charge in [-0.15, -0.1) is 0 Å². The van der Waals surface area contributed by atoms with Crippen molar-refractivity contribution < 1.29 is 23.4 Å². The molecule has 0 saturated carbocycles. The van der Waals surface area contributed by atoms with Crippen molar-refractivity contribution in [3.63, 3.8) is 0 Å². The Hall–Kier alpha value is -2.47. The van der Waals surface area contributed by atoms with E-state index < -0.39 is 0 Å². The Labute approximate surface area is 148 Å². The fraction of sp³-hybridized carbons (Fsp3) is 0.278. The van der Waals surface area contributed by atoms with Gasteiger partial charge in [-0.25, -0.2) is 4.39 Å². The lowest BCUT2D eigenvalue weighted by Gasteiger charge is -2.19. The number of nitrogens with one attached hydrogen (secondary N) is 1. The summed E-state index contributed by atoms with van der Waals surface area (Å²) in [5.41, 5.74) is 0.995. The van der Waals surface area contributed by atoms with Crippen LogP contribution in [-0.4, -0.2) is 19.3 Å². The molecule has 0 spiro atoms. The minimum atomic E-state index is -0.366.